The second-order valence-electron chi connectivity index (χ2n) is 5.56. The van der Waals surface area contributed by atoms with Crippen molar-refractivity contribution in [1.82, 2.24) is 0 Å². The van der Waals surface area contributed by atoms with E-state index >= 15 is 0 Å². The molecule has 0 N–H and O–H groups in total. The van der Waals surface area contributed by atoms with Crippen molar-refractivity contribution < 1.29 is 14.2 Å². The van der Waals surface area contributed by atoms with Gasteiger partial charge in [0.05, 0.1) is 6.61 Å². The van der Waals surface area contributed by atoms with Crippen LogP contribution in [0.25, 0.3) is 0 Å². The van der Waals surface area contributed by atoms with Gasteiger partial charge in [-0.05, 0) is 42.3 Å². The zero-order valence-corrected chi connectivity index (χ0v) is 13.3. The molecule has 0 aromatic heterocycles. The Kier molecular flexibility index (Phi) is 6.78. The maximum Gasteiger partial charge on any atom is 0.127 e. The molecule has 3 nitrogen and oxygen atoms in total. The van der Waals surface area contributed by atoms with Crippen LogP contribution >= 0.6 is 0 Å². The summed E-state index contributed by atoms with van der Waals surface area (Å²) >= 11 is 0. The number of ether oxygens (including phenoxy) is 3. The van der Waals surface area contributed by atoms with Crippen LogP contribution < -0.4 is 9.47 Å². The van der Waals surface area contributed by atoms with Gasteiger partial charge in [-0.15, -0.1) is 0 Å². The van der Waals surface area contributed by atoms with Crippen molar-refractivity contribution in [3.05, 3.63) is 54.6 Å². The minimum absolute atomic E-state index is 0.582. The van der Waals surface area contributed by atoms with Gasteiger partial charge in [0.1, 0.15) is 17.2 Å². The highest BCUT2D eigenvalue weighted by Crippen LogP contribution is 2.23. The van der Waals surface area contributed by atoms with Gasteiger partial charge >= 0.3 is 0 Å². The van der Waals surface area contributed by atoms with E-state index in [4.69, 9.17) is 14.2 Å². The van der Waals surface area contributed by atoms with Crippen LogP contribution in [0.4, 0.5) is 0 Å². The van der Waals surface area contributed by atoms with Crippen molar-refractivity contribution in [3.8, 4) is 17.2 Å². The van der Waals surface area contributed by atoms with Crippen LogP contribution in [-0.2, 0) is 4.74 Å². The van der Waals surface area contributed by atoms with E-state index in [1.54, 1.807) is 0 Å². The molecule has 3 heteroatoms. The summed E-state index contributed by atoms with van der Waals surface area (Å²) < 4.78 is 16.9. The smallest absolute Gasteiger partial charge is 0.127 e. The summed E-state index contributed by atoms with van der Waals surface area (Å²) in [5.74, 6) is 3.07. The fourth-order valence-electron chi connectivity index (χ4n) is 1.90. The number of para-hydroxylation sites is 1. The first kappa shape index (κ1) is 16.4. The normalized spacial score (nSPS) is 10.7. The van der Waals surface area contributed by atoms with Crippen molar-refractivity contribution in [1.29, 1.82) is 0 Å². The van der Waals surface area contributed by atoms with Crippen molar-refractivity contribution in [2.75, 3.05) is 19.8 Å². The van der Waals surface area contributed by atoms with Gasteiger partial charge in [0.15, 0.2) is 0 Å². The summed E-state index contributed by atoms with van der Waals surface area (Å²) in [6.45, 7) is 6.51. The third kappa shape index (κ3) is 6.19. The molecular formula is C19H24O3. The predicted octanol–water partition coefficient (Wildman–Crippen LogP) is 4.92. The minimum Gasteiger partial charge on any atom is -0.494 e. The molecule has 22 heavy (non-hydrogen) atoms. The van der Waals surface area contributed by atoms with Gasteiger partial charge in [-0.3, -0.25) is 0 Å². The quantitative estimate of drug-likeness (QED) is 0.615. The Labute approximate surface area is 132 Å². The molecule has 0 aliphatic carbocycles. The van der Waals surface area contributed by atoms with E-state index in [1.165, 1.54) is 0 Å². The summed E-state index contributed by atoms with van der Waals surface area (Å²) in [5.41, 5.74) is 0. The number of benzene rings is 2. The first-order valence-electron chi connectivity index (χ1n) is 7.77. The maximum atomic E-state index is 5.74. The SMILES string of the molecule is CC(C)COCCCOc1ccc(Oc2ccccc2)cc1. The van der Waals surface area contributed by atoms with Gasteiger partial charge < -0.3 is 14.2 Å². The monoisotopic (exact) mass is 300 g/mol. The molecule has 2 aromatic carbocycles. The lowest BCUT2D eigenvalue weighted by molar-refractivity contribution is 0.0981. The minimum atomic E-state index is 0.582. The molecule has 0 aliphatic heterocycles. The lowest BCUT2D eigenvalue weighted by Crippen LogP contribution is -2.06. The molecule has 118 valence electrons. The van der Waals surface area contributed by atoms with Crippen LogP contribution in [0.2, 0.25) is 0 Å². The number of hydrogen-bond acceptors (Lipinski definition) is 3. The third-order valence-electron chi connectivity index (χ3n) is 2.96. The van der Waals surface area contributed by atoms with Gasteiger partial charge in [0, 0.05) is 19.6 Å². The van der Waals surface area contributed by atoms with Crippen LogP contribution in [-0.4, -0.2) is 19.8 Å². The Hall–Kier alpha value is -2.00. The number of rotatable bonds is 9. The summed E-state index contributed by atoms with van der Waals surface area (Å²) in [6, 6.07) is 17.4. The highest BCUT2D eigenvalue weighted by Gasteiger charge is 1.99. The lowest BCUT2D eigenvalue weighted by Gasteiger charge is -2.09. The van der Waals surface area contributed by atoms with E-state index in [9.17, 15) is 0 Å². The van der Waals surface area contributed by atoms with E-state index in [0.717, 1.165) is 36.9 Å². The number of hydrogen-bond donors (Lipinski definition) is 0. The first-order valence-corrected chi connectivity index (χ1v) is 7.77. The fourth-order valence-corrected chi connectivity index (χ4v) is 1.90. The molecule has 0 amide bonds. The average Bonchev–Trinajstić information content (AvgIpc) is 2.53. The fraction of sp³-hybridized carbons (Fsp3) is 0.368. The molecule has 0 saturated carbocycles. The molecule has 0 saturated heterocycles. The second kappa shape index (κ2) is 9.11. The predicted molar refractivity (Wildman–Crippen MR) is 88.7 cm³/mol. The van der Waals surface area contributed by atoms with Crippen molar-refractivity contribution in [2.24, 2.45) is 5.92 Å². The van der Waals surface area contributed by atoms with Gasteiger partial charge in [-0.25, -0.2) is 0 Å². The Morgan fingerprint density at radius 2 is 1.41 bits per heavy atom. The van der Waals surface area contributed by atoms with E-state index in [2.05, 4.69) is 13.8 Å². The van der Waals surface area contributed by atoms with Crippen LogP contribution in [0.5, 0.6) is 17.2 Å². The maximum absolute atomic E-state index is 5.74. The second-order valence-corrected chi connectivity index (χ2v) is 5.56. The molecule has 2 aromatic rings. The molecule has 0 aliphatic rings. The Balaban J connectivity index is 1.68. The van der Waals surface area contributed by atoms with Crippen molar-refractivity contribution in [2.45, 2.75) is 20.3 Å². The topological polar surface area (TPSA) is 27.7 Å². The zero-order valence-electron chi connectivity index (χ0n) is 13.3. The first-order chi connectivity index (χ1) is 10.7. The third-order valence-corrected chi connectivity index (χ3v) is 2.96. The zero-order chi connectivity index (χ0) is 15.6. The average molecular weight is 300 g/mol. The summed E-state index contributed by atoms with van der Waals surface area (Å²) in [7, 11) is 0. The van der Waals surface area contributed by atoms with Crippen molar-refractivity contribution in [3.63, 3.8) is 0 Å². The van der Waals surface area contributed by atoms with Crippen LogP contribution in [0.1, 0.15) is 20.3 Å². The van der Waals surface area contributed by atoms with E-state index in [1.807, 2.05) is 54.6 Å². The Morgan fingerprint density at radius 1 is 0.773 bits per heavy atom. The summed E-state index contributed by atoms with van der Waals surface area (Å²) in [5, 5.41) is 0. The van der Waals surface area contributed by atoms with Gasteiger partial charge in [0.2, 0.25) is 0 Å². The molecule has 0 spiro atoms. The largest absolute Gasteiger partial charge is 0.494 e. The van der Waals surface area contributed by atoms with Crippen LogP contribution in [0.3, 0.4) is 0 Å². The van der Waals surface area contributed by atoms with E-state index in [-0.39, 0.29) is 0 Å². The molecule has 0 atom stereocenters. The van der Waals surface area contributed by atoms with Crippen LogP contribution in [0.15, 0.2) is 54.6 Å². The van der Waals surface area contributed by atoms with Gasteiger partial charge in [-0.2, -0.15) is 0 Å². The molecule has 0 fully saturated rings. The Morgan fingerprint density at radius 3 is 2.09 bits per heavy atom. The van der Waals surface area contributed by atoms with Crippen LogP contribution in [0, 0.1) is 5.92 Å². The van der Waals surface area contributed by atoms with Crippen molar-refractivity contribution >= 4 is 0 Å². The Bertz CT molecular complexity index is 520. The van der Waals surface area contributed by atoms with Gasteiger partial charge in [-0.1, -0.05) is 32.0 Å². The summed E-state index contributed by atoms with van der Waals surface area (Å²) in [4.78, 5) is 0. The standard InChI is InChI=1S/C19H24O3/c1-16(2)15-20-13-6-14-21-17-9-11-19(12-10-17)22-18-7-4-3-5-8-18/h3-5,7-12,16H,6,13-15H2,1-2H3. The van der Waals surface area contributed by atoms with E-state index in [0.29, 0.717) is 12.5 Å². The lowest BCUT2D eigenvalue weighted by atomic mass is 10.2. The van der Waals surface area contributed by atoms with E-state index < -0.39 is 0 Å². The molecule has 0 bridgehead atoms. The molecule has 0 radical (unpaired) electrons. The highest BCUT2D eigenvalue weighted by molar-refractivity contribution is 5.35. The molecule has 2 rings (SSSR count). The summed E-state index contributed by atoms with van der Waals surface area (Å²) in [6.07, 6.45) is 0.898. The highest BCUT2D eigenvalue weighted by atomic mass is 16.5. The molecule has 0 heterocycles. The molecular weight excluding hydrogens is 276 g/mol. The van der Waals surface area contributed by atoms with Gasteiger partial charge in [0.25, 0.3) is 0 Å². The molecule has 0 unspecified atom stereocenters.